The van der Waals surface area contributed by atoms with Crippen molar-refractivity contribution in [3.05, 3.63) is 69.5 Å². The lowest BCUT2D eigenvalue weighted by molar-refractivity contribution is -0.384. The summed E-state index contributed by atoms with van der Waals surface area (Å²) < 4.78 is 17.8. The number of ether oxygens (including phenoxy) is 1. The molecule has 1 amide bonds. The first-order valence-corrected chi connectivity index (χ1v) is 9.51. The summed E-state index contributed by atoms with van der Waals surface area (Å²) in [4.78, 5) is 37.0. The highest BCUT2D eigenvalue weighted by atomic mass is 19.1. The molecule has 0 radical (unpaired) electrons. The predicted molar refractivity (Wildman–Crippen MR) is 108 cm³/mol. The Morgan fingerprint density at radius 2 is 1.97 bits per heavy atom. The second-order valence-corrected chi connectivity index (χ2v) is 7.08. The van der Waals surface area contributed by atoms with E-state index in [9.17, 15) is 24.1 Å². The molecule has 9 heteroatoms. The summed E-state index contributed by atoms with van der Waals surface area (Å²) in [5.41, 5.74) is 1.13. The van der Waals surface area contributed by atoms with Gasteiger partial charge in [-0.2, -0.15) is 0 Å². The number of esters is 1. The van der Waals surface area contributed by atoms with Crippen molar-refractivity contribution in [3.8, 4) is 0 Å². The summed E-state index contributed by atoms with van der Waals surface area (Å²) in [7, 11) is 1.21. The van der Waals surface area contributed by atoms with E-state index < -0.39 is 22.8 Å². The predicted octanol–water partition coefficient (Wildman–Crippen LogP) is 3.37. The smallest absolute Gasteiger partial charge is 0.328 e. The Balaban J connectivity index is 1.90. The van der Waals surface area contributed by atoms with Crippen LogP contribution in [0.1, 0.15) is 41.7 Å². The number of anilines is 1. The van der Waals surface area contributed by atoms with Crippen LogP contribution in [0.4, 0.5) is 15.8 Å². The molecule has 1 saturated heterocycles. The molecule has 2 atom stereocenters. The summed E-state index contributed by atoms with van der Waals surface area (Å²) >= 11 is 0. The van der Waals surface area contributed by atoms with Crippen molar-refractivity contribution >= 4 is 23.3 Å². The first-order valence-electron chi connectivity index (χ1n) is 9.51. The summed E-state index contributed by atoms with van der Waals surface area (Å²) in [5, 5.41) is 14.2. The van der Waals surface area contributed by atoms with Crippen molar-refractivity contribution in [1.29, 1.82) is 0 Å². The average molecular weight is 415 g/mol. The topological polar surface area (TPSA) is 102 Å². The Morgan fingerprint density at radius 1 is 1.27 bits per heavy atom. The molecule has 2 aromatic carbocycles. The number of nitro benzene ring substituents is 1. The van der Waals surface area contributed by atoms with Gasteiger partial charge in [-0.15, -0.1) is 0 Å². The van der Waals surface area contributed by atoms with Crippen LogP contribution < -0.4 is 10.2 Å². The Hall–Kier alpha value is -3.49. The fraction of sp³-hybridized carbons (Fsp3) is 0.333. The molecule has 0 aliphatic carbocycles. The first kappa shape index (κ1) is 21.2. The third-order valence-electron chi connectivity index (χ3n) is 5.15. The fourth-order valence-electron chi connectivity index (χ4n) is 3.66. The SMILES string of the molecule is COC(=O)C(C)NC(=O)c1ccc(N2CCCC2c2ccc(F)cc2)c([N+](=O)[O-])c1. The number of carbonyl (C=O) groups excluding carboxylic acids is 2. The number of nitrogens with zero attached hydrogens (tertiary/aromatic N) is 2. The van der Waals surface area contributed by atoms with Gasteiger partial charge in [-0.1, -0.05) is 12.1 Å². The molecule has 0 spiro atoms. The molecule has 0 aromatic heterocycles. The third-order valence-corrected chi connectivity index (χ3v) is 5.15. The maximum atomic E-state index is 13.3. The number of rotatable bonds is 6. The van der Waals surface area contributed by atoms with Crippen molar-refractivity contribution in [1.82, 2.24) is 5.32 Å². The number of methoxy groups -OCH3 is 1. The lowest BCUT2D eigenvalue weighted by atomic mass is 10.0. The number of nitrogens with one attached hydrogen (secondary N) is 1. The fourth-order valence-corrected chi connectivity index (χ4v) is 3.66. The maximum Gasteiger partial charge on any atom is 0.328 e. The van der Waals surface area contributed by atoms with Gasteiger partial charge in [-0.3, -0.25) is 14.9 Å². The molecular formula is C21H22FN3O5. The summed E-state index contributed by atoms with van der Waals surface area (Å²) in [5.74, 6) is -1.57. The van der Waals surface area contributed by atoms with E-state index in [4.69, 9.17) is 0 Å². The van der Waals surface area contributed by atoms with Crippen LogP contribution in [0.15, 0.2) is 42.5 Å². The van der Waals surface area contributed by atoms with Gasteiger partial charge in [0.25, 0.3) is 11.6 Å². The number of hydrogen-bond donors (Lipinski definition) is 1. The van der Waals surface area contributed by atoms with Crippen LogP contribution in [0.5, 0.6) is 0 Å². The van der Waals surface area contributed by atoms with E-state index in [1.54, 1.807) is 12.1 Å². The number of nitro groups is 1. The van der Waals surface area contributed by atoms with Crippen molar-refractivity contribution in [3.63, 3.8) is 0 Å². The molecule has 1 heterocycles. The quantitative estimate of drug-likeness (QED) is 0.441. The molecule has 0 bridgehead atoms. The zero-order valence-electron chi connectivity index (χ0n) is 16.6. The molecule has 1 aliphatic heterocycles. The van der Waals surface area contributed by atoms with Gasteiger partial charge in [-0.25, -0.2) is 9.18 Å². The molecule has 1 N–H and O–H groups in total. The van der Waals surface area contributed by atoms with Crippen LogP contribution in [0.3, 0.4) is 0 Å². The summed E-state index contributed by atoms with van der Waals surface area (Å²) in [6, 6.07) is 9.33. The van der Waals surface area contributed by atoms with Gasteiger partial charge in [0.15, 0.2) is 0 Å². The van der Waals surface area contributed by atoms with E-state index >= 15 is 0 Å². The van der Waals surface area contributed by atoms with Gasteiger partial charge in [-0.05, 0) is 49.6 Å². The van der Waals surface area contributed by atoms with Crippen molar-refractivity contribution < 1.29 is 23.6 Å². The van der Waals surface area contributed by atoms with Gasteiger partial charge in [0, 0.05) is 18.2 Å². The van der Waals surface area contributed by atoms with Gasteiger partial charge in [0.05, 0.1) is 18.1 Å². The number of hydrogen-bond acceptors (Lipinski definition) is 6. The van der Waals surface area contributed by atoms with E-state index in [0.29, 0.717) is 12.2 Å². The molecule has 2 unspecified atom stereocenters. The van der Waals surface area contributed by atoms with Crippen molar-refractivity contribution in [2.75, 3.05) is 18.6 Å². The Kier molecular flexibility index (Phi) is 6.29. The number of amides is 1. The minimum absolute atomic E-state index is 0.0683. The standard InChI is InChI=1S/C21H22FN3O5/c1-13(21(27)30-2)23-20(26)15-7-10-18(19(12-15)25(28)29)24-11-3-4-17(24)14-5-8-16(22)9-6-14/h5-10,12-13,17H,3-4,11H2,1-2H3,(H,23,26). The second kappa shape index (κ2) is 8.89. The normalized spacial score (nSPS) is 16.8. The Morgan fingerprint density at radius 3 is 2.60 bits per heavy atom. The highest BCUT2D eigenvalue weighted by Gasteiger charge is 2.31. The van der Waals surface area contributed by atoms with Crippen LogP contribution in [0.25, 0.3) is 0 Å². The van der Waals surface area contributed by atoms with Crippen LogP contribution in [-0.2, 0) is 9.53 Å². The van der Waals surface area contributed by atoms with Gasteiger partial charge < -0.3 is 15.0 Å². The molecule has 1 fully saturated rings. The second-order valence-electron chi connectivity index (χ2n) is 7.08. The van der Waals surface area contributed by atoms with Crippen molar-refractivity contribution in [2.45, 2.75) is 31.8 Å². The molecule has 1 aliphatic rings. The lowest BCUT2D eigenvalue weighted by Crippen LogP contribution is -2.39. The van der Waals surface area contributed by atoms with E-state index in [-0.39, 0.29) is 23.1 Å². The lowest BCUT2D eigenvalue weighted by Gasteiger charge is -2.27. The monoisotopic (exact) mass is 415 g/mol. The minimum Gasteiger partial charge on any atom is -0.467 e. The molecule has 158 valence electrons. The van der Waals surface area contributed by atoms with Crippen LogP contribution in [0.2, 0.25) is 0 Å². The molecule has 2 aromatic rings. The van der Waals surface area contributed by atoms with E-state index in [2.05, 4.69) is 10.1 Å². The zero-order valence-corrected chi connectivity index (χ0v) is 16.6. The average Bonchev–Trinajstić information content (AvgIpc) is 3.22. The number of benzene rings is 2. The summed E-state index contributed by atoms with van der Waals surface area (Å²) in [6.45, 7) is 2.07. The first-order chi connectivity index (χ1) is 14.3. The van der Waals surface area contributed by atoms with Gasteiger partial charge >= 0.3 is 5.97 Å². The van der Waals surface area contributed by atoms with E-state index in [0.717, 1.165) is 18.4 Å². The number of carbonyl (C=O) groups is 2. The van der Waals surface area contributed by atoms with Crippen molar-refractivity contribution in [2.24, 2.45) is 0 Å². The highest BCUT2D eigenvalue weighted by Crippen LogP contribution is 2.40. The molecule has 30 heavy (non-hydrogen) atoms. The molecule has 0 saturated carbocycles. The third kappa shape index (κ3) is 4.40. The maximum absolute atomic E-state index is 13.3. The highest BCUT2D eigenvalue weighted by molar-refractivity contribution is 5.98. The summed E-state index contributed by atoms with van der Waals surface area (Å²) in [6.07, 6.45) is 1.61. The molecular weight excluding hydrogens is 393 g/mol. The molecule has 3 rings (SSSR count). The minimum atomic E-state index is -0.886. The van der Waals surface area contributed by atoms with Crippen LogP contribution in [0, 0.1) is 15.9 Å². The van der Waals surface area contributed by atoms with Crippen LogP contribution >= 0.6 is 0 Å². The Labute approximate surface area is 172 Å². The van der Waals surface area contributed by atoms with E-state index in [1.165, 1.54) is 44.4 Å². The zero-order chi connectivity index (χ0) is 21.8. The Bertz CT molecular complexity index is 964. The number of halogens is 1. The molecule has 8 nitrogen and oxygen atoms in total. The van der Waals surface area contributed by atoms with Gasteiger partial charge in [0.1, 0.15) is 17.5 Å². The van der Waals surface area contributed by atoms with Crippen LogP contribution in [-0.4, -0.2) is 36.5 Å². The van der Waals surface area contributed by atoms with Gasteiger partial charge in [0.2, 0.25) is 0 Å². The largest absolute Gasteiger partial charge is 0.467 e. The van der Waals surface area contributed by atoms with E-state index in [1.807, 2.05) is 4.90 Å².